The molecule has 1 aliphatic heterocycles. The number of halogens is 2. The van der Waals surface area contributed by atoms with E-state index in [9.17, 15) is 4.39 Å². The summed E-state index contributed by atoms with van der Waals surface area (Å²) in [6.45, 7) is 3.62. The lowest BCUT2D eigenvalue weighted by Gasteiger charge is -2.36. The van der Waals surface area contributed by atoms with E-state index in [1.54, 1.807) is 0 Å². The fourth-order valence-corrected chi connectivity index (χ4v) is 4.01. The van der Waals surface area contributed by atoms with Gasteiger partial charge in [-0.2, -0.15) is 0 Å². The molecule has 0 bridgehead atoms. The molecular formula is C21H24ClFN2. The first kappa shape index (κ1) is 18.1. The lowest BCUT2D eigenvalue weighted by atomic mass is 9.90. The van der Waals surface area contributed by atoms with E-state index >= 15 is 0 Å². The second kappa shape index (κ2) is 8.13. The summed E-state index contributed by atoms with van der Waals surface area (Å²) in [4.78, 5) is 2.45. The number of hydrogen-bond donors (Lipinski definition) is 1. The van der Waals surface area contributed by atoms with E-state index < -0.39 is 0 Å². The Balaban J connectivity index is 0.00000182. The molecule has 1 heterocycles. The number of alkyl halides is 1. The SMILES string of the molecule is Cl.FCC[C@@H](c1c2ccccc2cc2ccccc12)N1CCNCC1. The highest BCUT2D eigenvalue weighted by Gasteiger charge is 2.25. The van der Waals surface area contributed by atoms with Crippen LogP contribution in [-0.2, 0) is 0 Å². The topological polar surface area (TPSA) is 15.3 Å². The highest BCUT2D eigenvalue weighted by atomic mass is 35.5. The van der Waals surface area contributed by atoms with Gasteiger partial charge in [0.2, 0.25) is 0 Å². The van der Waals surface area contributed by atoms with E-state index in [0.29, 0.717) is 6.42 Å². The summed E-state index contributed by atoms with van der Waals surface area (Å²) < 4.78 is 13.4. The Kier molecular flexibility index (Phi) is 5.89. The third-order valence-electron chi connectivity index (χ3n) is 5.12. The van der Waals surface area contributed by atoms with Gasteiger partial charge in [0.05, 0.1) is 6.67 Å². The van der Waals surface area contributed by atoms with Crippen LogP contribution in [0.25, 0.3) is 21.5 Å². The van der Waals surface area contributed by atoms with E-state index in [1.165, 1.54) is 27.1 Å². The Hall–Kier alpha value is -1.68. The zero-order valence-corrected chi connectivity index (χ0v) is 15.1. The highest BCUT2D eigenvalue weighted by molar-refractivity contribution is 6.02. The standard InChI is InChI=1S/C21H23FN2.ClH/c22-10-9-20(24-13-11-23-12-14-24)21-18-7-3-1-5-16(18)15-17-6-2-4-8-19(17)21;/h1-8,15,20,23H,9-14H2;1H/t20-;/m0./s1. The van der Waals surface area contributed by atoms with E-state index in [0.717, 1.165) is 26.2 Å². The Morgan fingerprint density at radius 2 is 1.48 bits per heavy atom. The van der Waals surface area contributed by atoms with Crippen molar-refractivity contribution >= 4 is 34.0 Å². The number of nitrogens with zero attached hydrogens (tertiary/aromatic N) is 1. The van der Waals surface area contributed by atoms with Gasteiger partial charge in [-0.25, -0.2) is 0 Å². The van der Waals surface area contributed by atoms with Crippen LogP contribution in [0.2, 0.25) is 0 Å². The van der Waals surface area contributed by atoms with Crippen molar-refractivity contribution in [3.05, 3.63) is 60.2 Å². The highest BCUT2D eigenvalue weighted by Crippen LogP contribution is 2.37. The Bertz CT molecular complexity index is 792. The third kappa shape index (κ3) is 3.50. The van der Waals surface area contributed by atoms with E-state index in [1.807, 2.05) is 0 Å². The van der Waals surface area contributed by atoms with Crippen molar-refractivity contribution in [3.63, 3.8) is 0 Å². The number of benzene rings is 3. The molecular weight excluding hydrogens is 335 g/mol. The van der Waals surface area contributed by atoms with Gasteiger partial charge in [-0.05, 0) is 39.6 Å². The van der Waals surface area contributed by atoms with Crippen molar-refractivity contribution in [1.82, 2.24) is 10.2 Å². The zero-order valence-electron chi connectivity index (χ0n) is 14.2. The fraction of sp³-hybridized carbons (Fsp3) is 0.333. The van der Waals surface area contributed by atoms with Crippen LogP contribution >= 0.6 is 12.4 Å². The molecule has 0 unspecified atom stereocenters. The first-order valence-electron chi connectivity index (χ1n) is 8.79. The predicted molar refractivity (Wildman–Crippen MR) is 106 cm³/mol. The van der Waals surface area contributed by atoms with Crippen LogP contribution in [0.3, 0.4) is 0 Å². The monoisotopic (exact) mass is 358 g/mol. The molecule has 25 heavy (non-hydrogen) atoms. The fourth-order valence-electron chi connectivity index (χ4n) is 4.01. The van der Waals surface area contributed by atoms with Gasteiger partial charge in [0, 0.05) is 32.2 Å². The number of nitrogens with one attached hydrogen (secondary N) is 1. The minimum absolute atomic E-state index is 0. The number of hydrogen-bond acceptors (Lipinski definition) is 2. The molecule has 0 saturated carbocycles. The maximum absolute atomic E-state index is 13.4. The van der Waals surface area contributed by atoms with Gasteiger partial charge in [0.15, 0.2) is 0 Å². The van der Waals surface area contributed by atoms with E-state index in [2.05, 4.69) is 64.8 Å². The van der Waals surface area contributed by atoms with Crippen LogP contribution in [0, 0.1) is 0 Å². The van der Waals surface area contributed by atoms with Crippen molar-refractivity contribution in [2.45, 2.75) is 12.5 Å². The largest absolute Gasteiger partial charge is 0.314 e. The summed E-state index contributed by atoms with van der Waals surface area (Å²) in [5.41, 5.74) is 1.29. The van der Waals surface area contributed by atoms with Crippen LogP contribution in [0.5, 0.6) is 0 Å². The maximum atomic E-state index is 13.4. The third-order valence-corrected chi connectivity index (χ3v) is 5.12. The summed E-state index contributed by atoms with van der Waals surface area (Å²) >= 11 is 0. The lowest BCUT2D eigenvalue weighted by Crippen LogP contribution is -2.45. The molecule has 0 spiro atoms. The van der Waals surface area contributed by atoms with Crippen molar-refractivity contribution in [2.24, 2.45) is 0 Å². The van der Waals surface area contributed by atoms with Crippen molar-refractivity contribution < 1.29 is 4.39 Å². The summed E-state index contributed by atoms with van der Waals surface area (Å²) in [5.74, 6) is 0. The van der Waals surface area contributed by atoms with Crippen molar-refractivity contribution in [2.75, 3.05) is 32.9 Å². The van der Waals surface area contributed by atoms with E-state index in [-0.39, 0.29) is 25.1 Å². The van der Waals surface area contributed by atoms with Gasteiger partial charge in [-0.15, -0.1) is 12.4 Å². The number of piperazine rings is 1. The quantitative estimate of drug-likeness (QED) is 0.679. The van der Waals surface area contributed by atoms with Gasteiger partial charge in [0.1, 0.15) is 0 Å². The average Bonchev–Trinajstić information content (AvgIpc) is 2.65. The predicted octanol–water partition coefficient (Wildman–Crippen LogP) is 4.72. The molecule has 1 atom stereocenters. The summed E-state index contributed by atoms with van der Waals surface area (Å²) in [6, 6.07) is 19.4. The molecule has 0 aliphatic carbocycles. The van der Waals surface area contributed by atoms with Crippen LogP contribution in [0.1, 0.15) is 18.0 Å². The molecule has 1 saturated heterocycles. The molecule has 132 valence electrons. The smallest absolute Gasteiger partial charge is 0.0912 e. The van der Waals surface area contributed by atoms with Crippen LogP contribution < -0.4 is 5.32 Å². The van der Waals surface area contributed by atoms with Crippen molar-refractivity contribution in [3.8, 4) is 0 Å². The van der Waals surface area contributed by atoms with Crippen LogP contribution in [0.4, 0.5) is 4.39 Å². The van der Waals surface area contributed by atoms with Gasteiger partial charge >= 0.3 is 0 Å². The van der Waals surface area contributed by atoms with Gasteiger partial charge in [-0.1, -0.05) is 48.5 Å². The molecule has 2 nitrogen and oxygen atoms in total. The Labute approximate surface area is 154 Å². The minimum Gasteiger partial charge on any atom is -0.314 e. The zero-order chi connectivity index (χ0) is 16.4. The number of rotatable bonds is 4. The molecule has 1 fully saturated rings. The first-order valence-corrected chi connectivity index (χ1v) is 8.79. The number of fused-ring (bicyclic) bond motifs is 2. The van der Waals surface area contributed by atoms with Crippen LogP contribution in [-0.4, -0.2) is 37.8 Å². The molecule has 4 rings (SSSR count). The second-order valence-corrected chi connectivity index (χ2v) is 6.51. The molecule has 0 radical (unpaired) electrons. The molecule has 3 aromatic rings. The van der Waals surface area contributed by atoms with Gasteiger partial charge in [-0.3, -0.25) is 9.29 Å². The molecule has 4 heteroatoms. The Morgan fingerprint density at radius 3 is 2.04 bits per heavy atom. The molecule has 1 aliphatic rings. The molecule has 3 aromatic carbocycles. The Morgan fingerprint density at radius 1 is 0.920 bits per heavy atom. The van der Waals surface area contributed by atoms with Crippen LogP contribution in [0.15, 0.2) is 54.6 Å². The second-order valence-electron chi connectivity index (χ2n) is 6.51. The van der Waals surface area contributed by atoms with E-state index in [4.69, 9.17) is 0 Å². The van der Waals surface area contributed by atoms with Crippen molar-refractivity contribution in [1.29, 1.82) is 0 Å². The first-order chi connectivity index (χ1) is 11.9. The summed E-state index contributed by atoms with van der Waals surface area (Å²) in [5, 5.41) is 8.40. The molecule has 0 aromatic heterocycles. The van der Waals surface area contributed by atoms with Gasteiger partial charge < -0.3 is 5.32 Å². The van der Waals surface area contributed by atoms with Gasteiger partial charge in [0.25, 0.3) is 0 Å². The lowest BCUT2D eigenvalue weighted by molar-refractivity contribution is 0.159. The normalized spacial score (nSPS) is 16.7. The molecule has 0 amide bonds. The summed E-state index contributed by atoms with van der Waals surface area (Å²) in [6.07, 6.45) is 0.554. The molecule has 1 N–H and O–H groups in total. The summed E-state index contributed by atoms with van der Waals surface area (Å²) in [7, 11) is 0. The average molecular weight is 359 g/mol. The maximum Gasteiger partial charge on any atom is 0.0912 e. The minimum atomic E-state index is -0.286.